The lowest BCUT2D eigenvalue weighted by Crippen LogP contribution is -2.19. The van der Waals surface area contributed by atoms with Gasteiger partial charge in [-0.15, -0.1) is 0 Å². The van der Waals surface area contributed by atoms with Crippen molar-refractivity contribution in [3.63, 3.8) is 0 Å². The summed E-state index contributed by atoms with van der Waals surface area (Å²) in [4.78, 5) is 10.5. The number of carbonyl (C=O) groups excluding carboxylic acids is 1. The Balaban J connectivity index is 2.70. The Labute approximate surface area is 102 Å². The highest BCUT2D eigenvalue weighted by Gasteiger charge is 2.04. The predicted octanol–water partition coefficient (Wildman–Crippen LogP) is 3.61. The SMILES string of the molecule is Cc1ccc(C(C)C)cc1CCNC(=O)Cl. The predicted molar refractivity (Wildman–Crippen MR) is 68.2 cm³/mol. The largest absolute Gasteiger partial charge is 0.342 e. The number of hydrogen-bond donors (Lipinski definition) is 1. The van der Waals surface area contributed by atoms with Gasteiger partial charge in [-0.3, -0.25) is 4.79 Å². The number of nitrogens with one attached hydrogen (secondary N) is 1. The summed E-state index contributed by atoms with van der Waals surface area (Å²) in [5.74, 6) is 0.530. The van der Waals surface area contributed by atoms with Crippen LogP contribution in [0.4, 0.5) is 4.79 Å². The van der Waals surface area contributed by atoms with E-state index in [2.05, 4.69) is 44.3 Å². The Morgan fingerprint density at radius 1 is 1.44 bits per heavy atom. The van der Waals surface area contributed by atoms with Crippen LogP contribution < -0.4 is 5.32 Å². The molecule has 1 rings (SSSR count). The van der Waals surface area contributed by atoms with E-state index in [0.29, 0.717) is 12.5 Å². The standard InChI is InChI=1S/C13H18ClNO/c1-9(2)11-5-4-10(3)12(8-11)6-7-15-13(14)16/h4-5,8-9H,6-7H2,1-3H3,(H,15,16). The molecule has 0 fully saturated rings. The van der Waals surface area contributed by atoms with E-state index in [0.717, 1.165) is 6.42 Å². The quantitative estimate of drug-likeness (QED) is 0.631. The molecule has 0 spiro atoms. The number of benzene rings is 1. The molecule has 88 valence electrons. The topological polar surface area (TPSA) is 29.1 Å². The second kappa shape index (κ2) is 5.90. The molecule has 1 aromatic rings. The Kier molecular flexibility index (Phi) is 4.81. The fourth-order valence-electron chi connectivity index (χ4n) is 1.62. The van der Waals surface area contributed by atoms with Crippen LogP contribution in [0.2, 0.25) is 0 Å². The smallest absolute Gasteiger partial charge is 0.313 e. The Morgan fingerprint density at radius 2 is 2.12 bits per heavy atom. The minimum Gasteiger partial charge on any atom is -0.342 e. The van der Waals surface area contributed by atoms with Gasteiger partial charge < -0.3 is 5.32 Å². The van der Waals surface area contributed by atoms with E-state index in [-0.39, 0.29) is 0 Å². The summed E-state index contributed by atoms with van der Waals surface area (Å²) in [5.41, 5.74) is 3.86. The monoisotopic (exact) mass is 239 g/mol. The van der Waals surface area contributed by atoms with Crippen LogP contribution in [-0.4, -0.2) is 11.9 Å². The molecule has 0 radical (unpaired) electrons. The summed E-state index contributed by atoms with van der Waals surface area (Å²) in [6, 6.07) is 6.50. The molecule has 1 amide bonds. The molecule has 1 aromatic carbocycles. The number of carbonyl (C=O) groups is 1. The first-order chi connectivity index (χ1) is 7.50. The van der Waals surface area contributed by atoms with Crippen molar-refractivity contribution in [2.45, 2.75) is 33.1 Å². The van der Waals surface area contributed by atoms with Gasteiger partial charge in [0.2, 0.25) is 0 Å². The van der Waals surface area contributed by atoms with Crippen LogP contribution in [0.1, 0.15) is 36.5 Å². The normalized spacial score (nSPS) is 10.6. The molecule has 0 aliphatic rings. The number of halogens is 1. The fraction of sp³-hybridized carbons (Fsp3) is 0.462. The summed E-state index contributed by atoms with van der Waals surface area (Å²) in [5, 5.41) is 2.11. The number of amides is 1. The molecule has 16 heavy (non-hydrogen) atoms. The minimum absolute atomic E-state index is 0.488. The Hall–Kier alpha value is -1.02. The maximum atomic E-state index is 10.5. The summed E-state index contributed by atoms with van der Waals surface area (Å²) in [6.07, 6.45) is 0.824. The van der Waals surface area contributed by atoms with E-state index in [9.17, 15) is 4.79 Å². The van der Waals surface area contributed by atoms with Crippen LogP contribution in [0.5, 0.6) is 0 Å². The van der Waals surface area contributed by atoms with Crippen molar-refractivity contribution in [2.24, 2.45) is 0 Å². The van der Waals surface area contributed by atoms with Crippen molar-refractivity contribution >= 4 is 17.0 Å². The van der Waals surface area contributed by atoms with Crippen LogP contribution >= 0.6 is 11.6 Å². The molecule has 1 N–H and O–H groups in total. The lowest BCUT2D eigenvalue weighted by Gasteiger charge is -2.11. The molecule has 0 aliphatic carbocycles. The molecule has 0 saturated heterocycles. The molecule has 0 aromatic heterocycles. The number of aryl methyl sites for hydroxylation is 1. The second-order valence-corrected chi connectivity index (χ2v) is 4.63. The first-order valence-corrected chi connectivity index (χ1v) is 5.91. The summed E-state index contributed by atoms with van der Waals surface area (Å²) in [6.45, 7) is 7.02. The van der Waals surface area contributed by atoms with Crippen LogP contribution in [0.15, 0.2) is 18.2 Å². The van der Waals surface area contributed by atoms with Gasteiger partial charge >= 0.3 is 5.37 Å². The zero-order valence-electron chi connectivity index (χ0n) is 10.0. The van der Waals surface area contributed by atoms with Gasteiger partial charge in [-0.1, -0.05) is 32.0 Å². The van der Waals surface area contributed by atoms with Crippen molar-refractivity contribution in [3.8, 4) is 0 Å². The molecular formula is C13H18ClNO. The highest BCUT2D eigenvalue weighted by Crippen LogP contribution is 2.18. The molecule has 0 heterocycles. The van der Waals surface area contributed by atoms with E-state index < -0.39 is 5.37 Å². The third-order valence-corrected chi connectivity index (χ3v) is 2.83. The Bertz CT molecular complexity index is 374. The van der Waals surface area contributed by atoms with Gasteiger partial charge in [0.05, 0.1) is 0 Å². The molecule has 0 aliphatic heterocycles. The van der Waals surface area contributed by atoms with Crippen molar-refractivity contribution in [1.82, 2.24) is 5.32 Å². The van der Waals surface area contributed by atoms with Crippen molar-refractivity contribution in [3.05, 3.63) is 34.9 Å². The van der Waals surface area contributed by atoms with Gasteiger partial charge in [0.15, 0.2) is 0 Å². The first-order valence-electron chi connectivity index (χ1n) is 5.53. The molecule has 3 heteroatoms. The zero-order chi connectivity index (χ0) is 12.1. The van der Waals surface area contributed by atoms with Gasteiger partial charge in [0.25, 0.3) is 0 Å². The van der Waals surface area contributed by atoms with E-state index in [1.807, 2.05) is 0 Å². The minimum atomic E-state index is -0.488. The molecule has 0 saturated carbocycles. The molecule has 0 bridgehead atoms. The lowest BCUT2D eigenvalue weighted by atomic mass is 9.96. The van der Waals surface area contributed by atoms with Gasteiger partial charge in [-0.2, -0.15) is 0 Å². The highest BCUT2D eigenvalue weighted by molar-refractivity contribution is 6.62. The van der Waals surface area contributed by atoms with E-state index in [1.54, 1.807) is 0 Å². The van der Waals surface area contributed by atoms with Crippen LogP contribution in [-0.2, 0) is 6.42 Å². The fourth-order valence-corrected chi connectivity index (χ4v) is 1.71. The van der Waals surface area contributed by atoms with E-state index >= 15 is 0 Å². The molecule has 0 unspecified atom stereocenters. The summed E-state index contributed by atoms with van der Waals surface area (Å²) >= 11 is 5.22. The van der Waals surface area contributed by atoms with Crippen LogP contribution in [0.3, 0.4) is 0 Å². The second-order valence-electron chi connectivity index (χ2n) is 4.29. The van der Waals surface area contributed by atoms with Crippen LogP contribution in [0.25, 0.3) is 0 Å². The third kappa shape index (κ3) is 3.86. The zero-order valence-corrected chi connectivity index (χ0v) is 10.8. The third-order valence-electron chi connectivity index (χ3n) is 2.70. The van der Waals surface area contributed by atoms with Gasteiger partial charge in [0, 0.05) is 6.54 Å². The highest BCUT2D eigenvalue weighted by atomic mass is 35.5. The average molecular weight is 240 g/mol. The molecular weight excluding hydrogens is 222 g/mol. The van der Waals surface area contributed by atoms with Gasteiger partial charge in [-0.05, 0) is 47.6 Å². The first kappa shape index (κ1) is 13.0. The lowest BCUT2D eigenvalue weighted by molar-refractivity contribution is 0.260. The number of hydrogen-bond acceptors (Lipinski definition) is 1. The molecule has 2 nitrogen and oxygen atoms in total. The average Bonchev–Trinajstić information content (AvgIpc) is 2.20. The summed E-state index contributed by atoms with van der Waals surface area (Å²) < 4.78 is 0. The summed E-state index contributed by atoms with van der Waals surface area (Å²) in [7, 11) is 0. The maximum absolute atomic E-state index is 10.5. The van der Waals surface area contributed by atoms with Crippen molar-refractivity contribution < 1.29 is 4.79 Å². The van der Waals surface area contributed by atoms with E-state index in [1.165, 1.54) is 16.7 Å². The van der Waals surface area contributed by atoms with Crippen LogP contribution in [0, 0.1) is 6.92 Å². The van der Waals surface area contributed by atoms with E-state index in [4.69, 9.17) is 11.6 Å². The van der Waals surface area contributed by atoms with Gasteiger partial charge in [-0.25, -0.2) is 0 Å². The Morgan fingerprint density at radius 3 is 2.69 bits per heavy atom. The van der Waals surface area contributed by atoms with Crippen molar-refractivity contribution in [2.75, 3.05) is 6.54 Å². The van der Waals surface area contributed by atoms with Gasteiger partial charge in [0.1, 0.15) is 0 Å². The maximum Gasteiger partial charge on any atom is 0.313 e. The molecule has 0 atom stereocenters. The number of rotatable bonds is 4. The van der Waals surface area contributed by atoms with Crippen molar-refractivity contribution in [1.29, 1.82) is 0 Å².